The molecule has 1 N–H and O–H groups in total. The number of aromatic nitrogens is 1. The van der Waals surface area contributed by atoms with Gasteiger partial charge in [0.1, 0.15) is 9.88 Å². The summed E-state index contributed by atoms with van der Waals surface area (Å²) in [5, 5.41) is 10.3. The van der Waals surface area contributed by atoms with Crippen LogP contribution in [0.4, 0.5) is 0 Å². The quantitative estimate of drug-likeness (QED) is 0.924. The van der Waals surface area contributed by atoms with Crippen LogP contribution >= 0.6 is 22.9 Å². The number of aliphatic hydroxyl groups excluding tert-OH is 1. The van der Waals surface area contributed by atoms with Gasteiger partial charge in [-0.1, -0.05) is 29.8 Å². The van der Waals surface area contributed by atoms with Crippen LogP contribution < -0.4 is 0 Å². The van der Waals surface area contributed by atoms with Crippen molar-refractivity contribution in [3.8, 4) is 10.6 Å². The van der Waals surface area contributed by atoms with E-state index in [0.29, 0.717) is 23.0 Å². The largest absolute Gasteiger partial charge is 0.395 e. The van der Waals surface area contributed by atoms with E-state index in [9.17, 15) is 4.79 Å². The number of rotatable bonds is 5. The first kappa shape index (κ1) is 15.0. The highest BCUT2D eigenvalue weighted by atomic mass is 35.5. The van der Waals surface area contributed by atoms with E-state index in [0.717, 1.165) is 10.6 Å². The zero-order chi connectivity index (χ0) is 14.5. The van der Waals surface area contributed by atoms with Crippen LogP contribution in [-0.4, -0.2) is 40.6 Å². The summed E-state index contributed by atoms with van der Waals surface area (Å²) in [6.45, 7) is 2.71. The number of nitrogens with zero attached hydrogens (tertiary/aromatic N) is 2. The molecule has 0 saturated heterocycles. The van der Waals surface area contributed by atoms with E-state index in [-0.39, 0.29) is 12.5 Å². The van der Waals surface area contributed by atoms with Crippen LogP contribution in [0.25, 0.3) is 10.6 Å². The van der Waals surface area contributed by atoms with Crippen molar-refractivity contribution in [3.05, 3.63) is 40.4 Å². The second-order valence-electron chi connectivity index (χ2n) is 4.12. The van der Waals surface area contributed by atoms with Crippen molar-refractivity contribution in [3.63, 3.8) is 0 Å². The van der Waals surface area contributed by atoms with Gasteiger partial charge in [0.25, 0.3) is 5.91 Å². The highest BCUT2D eigenvalue weighted by molar-refractivity contribution is 7.17. The number of aliphatic hydroxyl groups is 1. The van der Waals surface area contributed by atoms with Crippen molar-refractivity contribution >= 4 is 28.8 Å². The lowest BCUT2D eigenvalue weighted by Gasteiger charge is -2.18. The molecule has 0 spiro atoms. The monoisotopic (exact) mass is 310 g/mol. The summed E-state index contributed by atoms with van der Waals surface area (Å²) in [5.74, 6) is -0.114. The molecule has 6 heteroatoms. The molecule has 4 nitrogen and oxygen atoms in total. The van der Waals surface area contributed by atoms with Gasteiger partial charge < -0.3 is 10.0 Å². The number of halogens is 1. The Bertz CT molecular complexity index is 600. The van der Waals surface area contributed by atoms with Gasteiger partial charge in [-0.05, 0) is 13.0 Å². The molecular formula is C14H15ClN2O2S. The van der Waals surface area contributed by atoms with Gasteiger partial charge in [0.15, 0.2) is 0 Å². The Morgan fingerprint density at radius 1 is 1.45 bits per heavy atom. The minimum absolute atomic E-state index is 0.0459. The first-order chi connectivity index (χ1) is 9.67. The summed E-state index contributed by atoms with van der Waals surface area (Å²) in [4.78, 5) is 18.7. The standard InChI is InChI=1S/C14H15ClN2O2S/c1-2-17(7-8-18)14(19)12-9-16-13(20-12)10-5-3-4-6-11(10)15/h3-6,9,18H,2,7-8H2,1H3. The third-order valence-electron chi connectivity index (χ3n) is 2.86. The van der Waals surface area contributed by atoms with E-state index in [1.807, 2.05) is 25.1 Å². The van der Waals surface area contributed by atoms with Crippen molar-refractivity contribution in [1.29, 1.82) is 0 Å². The second-order valence-corrected chi connectivity index (χ2v) is 5.56. The second kappa shape index (κ2) is 6.83. The molecule has 0 aliphatic heterocycles. The van der Waals surface area contributed by atoms with Crippen molar-refractivity contribution in [1.82, 2.24) is 9.88 Å². The zero-order valence-corrected chi connectivity index (χ0v) is 12.6. The molecule has 0 atom stereocenters. The van der Waals surface area contributed by atoms with E-state index in [2.05, 4.69) is 4.98 Å². The number of thiazole rings is 1. The number of carbonyl (C=O) groups excluding carboxylic acids is 1. The van der Waals surface area contributed by atoms with Crippen LogP contribution in [-0.2, 0) is 0 Å². The molecule has 1 aromatic heterocycles. The van der Waals surface area contributed by atoms with Gasteiger partial charge in [0.05, 0.1) is 17.8 Å². The molecule has 0 aliphatic carbocycles. The zero-order valence-electron chi connectivity index (χ0n) is 11.0. The Morgan fingerprint density at radius 2 is 2.20 bits per heavy atom. The third kappa shape index (κ3) is 3.17. The van der Waals surface area contributed by atoms with Crippen LogP contribution in [0, 0.1) is 0 Å². The maximum absolute atomic E-state index is 12.2. The van der Waals surface area contributed by atoms with Gasteiger partial charge in [0, 0.05) is 18.7 Å². The number of hydrogen-bond donors (Lipinski definition) is 1. The Kier molecular flexibility index (Phi) is 5.11. The number of carbonyl (C=O) groups is 1. The Hall–Kier alpha value is -1.43. The van der Waals surface area contributed by atoms with E-state index in [1.165, 1.54) is 11.3 Å². The fourth-order valence-corrected chi connectivity index (χ4v) is 3.02. The topological polar surface area (TPSA) is 53.4 Å². The van der Waals surface area contributed by atoms with Crippen molar-refractivity contribution in [2.75, 3.05) is 19.7 Å². The summed E-state index contributed by atoms with van der Waals surface area (Å²) >= 11 is 7.43. The van der Waals surface area contributed by atoms with Gasteiger partial charge in [0.2, 0.25) is 0 Å². The lowest BCUT2D eigenvalue weighted by Crippen LogP contribution is -2.32. The number of benzene rings is 1. The summed E-state index contributed by atoms with van der Waals surface area (Å²) in [7, 11) is 0. The van der Waals surface area contributed by atoms with Crippen LogP contribution in [0.15, 0.2) is 30.5 Å². The van der Waals surface area contributed by atoms with Crippen LogP contribution in [0.5, 0.6) is 0 Å². The van der Waals surface area contributed by atoms with E-state index in [4.69, 9.17) is 16.7 Å². The Labute approximate surface area is 126 Å². The van der Waals surface area contributed by atoms with E-state index < -0.39 is 0 Å². The van der Waals surface area contributed by atoms with Gasteiger partial charge in [-0.15, -0.1) is 11.3 Å². The molecule has 0 bridgehead atoms. The third-order valence-corrected chi connectivity index (χ3v) is 4.21. The molecule has 0 saturated carbocycles. The van der Waals surface area contributed by atoms with Gasteiger partial charge in [-0.25, -0.2) is 4.98 Å². The maximum Gasteiger partial charge on any atom is 0.265 e. The first-order valence-electron chi connectivity index (χ1n) is 6.28. The molecule has 0 fully saturated rings. The molecule has 0 aliphatic rings. The van der Waals surface area contributed by atoms with E-state index >= 15 is 0 Å². The lowest BCUT2D eigenvalue weighted by molar-refractivity contribution is 0.0736. The molecular weight excluding hydrogens is 296 g/mol. The van der Waals surface area contributed by atoms with Crippen molar-refractivity contribution in [2.24, 2.45) is 0 Å². The normalized spacial score (nSPS) is 10.6. The molecule has 2 rings (SSSR count). The smallest absolute Gasteiger partial charge is 0.265 e. The minimum atomic E-state index is -0.114. The average Bonchev–Trinajstić information content (AvgIpc) is 2.94. The molecule has 2 aromatic rings. The maximum atomic E-state index is 12.2. The predicted octanol–water partition coefficient (Wildman–Crippen LogP) is 2.92. The van der Waals surface area contributed by atoms with E-state index in [1.54, 1.807) is 17.2 Å². The molecule has 1 heterocycles. The number of likely N-dealkylation sites (N-methyl/N-ethyl adjacent to an activating group) is 1. The minimum Gasteiger partial charge on any atom is -0.395 e. The van der Waals surface area contributed by atoms with Crippen molar-refractivity contribution < 1.29 is 9.90 Å². The lowest BCUT2D eigenvalue weighted by atomic mass is 10.2. The SMILES string of the molecule is CCN(CCO)C(=O)c1cnc(-c2ccccc2Cl)s1. The summed E-state index contributed by atoms with van der Waals surface area (Å²) in [6.07, 6.45) is 1.56. The molecule has 0 unspecified atom stereocenters. The molecule has 20 heavy (non-hydrogen) atoms. The Balaban J connectivity index is 2.25. The Morgan fingerprint density at radius 3 is 2.85 bits per heavy atom. The fraction of sp³-hybridized carbons (Fsp3) is 0.286. The van der Waals surface area contributed by atoms with Gasteiger partial charge in [-0.2, -0.15) is 0 Å². The van der Waals surface area contributed by atoms with Gasteiger partial charge in [-0.3, -0.25) is 4.79 Å². The highest BCUT2D eigenvalue weighted by Gasteiger charge is 2.17. The molecule has 106 valence electrons. The van der Waals surface area contributed by atoms with Crippen LogP contribution in [0.1, 0.15) is 16.6 Å². The number of amides is 1. The van der Waals surface area contributed by atoms with Crippen LogP contribution in [0.2, 0.25) is 5.02 Å². The molecule has 1 amide bonds. The first-order valence-corrected chi connectivity index (χ1v) is 7.47. The molecule has 0 radical (unpaired) electrons. The fourth-order valence-electron chi connectivity index (χ4n) is 1.81. The van der Waals surface area contributed by atoms with Gasteiger partial charge >= 0.3 is 0 Å². The average molecular weight is 311 g/mol. The van der Waals surface area contributed by atoms with Crippen LogP contribution in [0.3, 0.4) is 0 Å². The summed E-state index contributed by atoms with van der Waals surface area (Å²) in [6, 6.07) is 7.41. The number of hydrogen-bond acceptors (Lipinski definition) is 4. The van der Waals surface area contributed by atoms with Crippen molar-refractivity contribution in [2.45, 2.75) is 6.92 Å². The summed E-state index contributed by atoms with van der Waals surface area (Å²) < 4.78 is 0. The summed E-state index contributed by atoms with van der Waals surface area (Å²) in [5.41, 5.74) is 0.823. The molecule has 1 aromatic carbocycles. The highest BCUT2D eigenvalue weighted by Crippen LogP contribution is 2.31. The predicted molar refractivity (Wildman–Crippen MR) is 81.2 cm³/mol.